The SMILES string of the molecule is COc1ccc2c(c1)c(C(=O)NC(CF)C(=O)O)c(C)n2C1CCCC1. The monoisotopic (exact) mass is 362 g/mol. The van der Waals surface area contributed by atoms with E-state index in [0.29, 0.717) is 22.7 Å². The molecule has 1 heterocycles. The first-order valence-electron chi connectivity index (χ1n) is 8.76. The minimum Gasteiger partial charge on any atom is -0.497 e. The van der Waals surface area contributed by atoms with Gasteiger partial charge in [0.05, 0.1) is 12.7 Å². The molecular weight excluding hydrogens is 339 g/mol. The topological polar surface area (TPSA) is 80.6 Å². The fourth-order valence-corrected chi connectivity index (χ4v) is 3.86. The number of nitrogens with zero attached hydrogens (tertiary/aromatic N) is 1. The van der Waals surface area contributed by atoms with Gasteiger partial charge in [0, 0.05) is 22.6 Å². The molecule has 1 aliphatic carbocycles. The number of aliphatic carboxylic acids is 1. The summed E-state index contributed by atoms with van der Waals surface area (Å²) in [4.78, 5) is 23.9. The number of halogens is 1. The first-order chi connectivity index (χ1) is 12.5. The van der Waals surface area contributed by atoms with Crippen LogP contribution in [0.4, 0.5) is 4.39 Å². The van der Waals surface area contributed by atoms with E-state index < -0.39 is 24.6 Å². The minimum absolute atomic E-state index is 0.309. The van der Waals surface area contributed by atoms with Gasteiger partial charge in [0.15, 0.2) is 6.04 Å². The fraction of sp³-hybridized carbons (Fsp3) is 0.474. The molecule has 0 aliphatic heterocycles. The molecule has 2 aromatic rings. The largest absolute Gasteiger partial charge is 0.497 e. The van der Waals surface area contributed by atoms with E-state index in [2.05, 4.69) is 9.88 Å². The molecule has 0 saturated heterocycles. The highest BCUT2D eigenvalue weighted by molar-refractivity contribution is 6.09. The van der Waals surface area contributed by atoms with Gasteiger partial charge in [0.2, 0.25) is 0 Å². The molecule has 1 fully saturated rings. The van der Waals surface area contributed by atoms with Gasteiger partial charge >= 0.3 is 5.97 Å². The van der Waals surface area contributed by atoms with Gasteiger partial charge in [-0.15, -0.1) is 0 Å². The van der Waals surface area contributed by atoms with Crippen molar-refractivity contribution in [2.75, 3.05) is 13.8 Å². The summed E-state index contributed by atoms with van der Waals surface area (Å²) in [6.07, 6.45) is 4.37. The normalized spacial score (nSPS) is 16.0. The van der Waals surface area contributed by atoms with E-state index in [1.54, 1.807) is 13.2 Å². The smallest absolute Gasteiger partial charge is 0.328 e. The lowest BCUT2D eigenvalue weighted by Gasteiger charge is -2.16. The van der Waals surface area contributed by atoms with Crippen molar-refractivity contribution in [3.05, 3.63) is 29.5 Å². The number of nitrogens with one attached hydrogen (secondary N) is 1. The van der Waals surface area contributed by atoms with Crippen LogP contribution in [0.2, 0.25) is 0 Å². The van der Waals surface area contributed by atoms with Crippen LogP contribution in [0.25, 0.3) is 10.9 Å². The molecule has 7 heteroatoms. The third kappa shape index (κ3) is 3.13. The maximum atomic E-state index is 12.9. The highest BCUT2D eigenvalue weighted by atomic mass is 19.1. The lowest BCUT2D eigenvalue weighted by atomic mass is 10.1. The Morgan fingerprint density at radius 2 is 2.08 bits per heavy atom. The van der Waals surface area contributed by atoms with E-state index in [4.69, 9.17) is 9.84 Å². The second-order valence-electron chi connectivity index (χ2n) is 6.67. The Balaban J connectivity index is 2.12. The van der Waals surface area contributed by atoms with Crippen LogP contribution >= 0.6 is 0 Å². The molecule has 1 aromatic heterocycles. The first-order valence-corrected chi connectivity index (χ1v) is 8.76. The van der Waals surface area contributed by atoms with Gasteiger partial charge < -0.3 is 19.7 Å². The van der Waals surface area contributed by atoms with Crippen molar-refractivity contribution in [2.24, 2.45) is 0 Å². The molecule has 6 nitrogen and oxygen atoms in total. The number of fused-ring (bicyclic) bond motifs is 1. The molecule has 1 atom stereocenters. The molecule has 140 valence electrons. The van der Waals surface area contributed by atoms with E-state index in [9.17, 15) is 14.0 Å². The van der Waals surface area contributed by atoms with Crippen LogP contribution in [-0.4, -0.2) is 41.4 Å². The summed E-state index contributed by atoms with van der Waals surface area (Å²) < 4.78 is 20.4. The molecule has 1 saturated carbocycles. The zero-order valence-corrected chi connectivity index (χ0v) is 14.9. The summed E-state index contributed by atoms with van der Waals surface area (Å²) in [6.45, 7) is 0.690. The molecule has 0 bridgehead atoms. The van der Waals surface area contributed by atoms with E-state index in [0.717, 1.165) is 36.9 Å². The number of carbonyl (C=O) groups is 2. The highest BCUT2D eigenvalue weighted by Crippen LogP contribution is 2.38. The van der Waals surface area contributed by atoms with Gasteiger partial charge in [-0.3, -0.25) is 4.79 Å². The maximum absolute atomic E-state index is 12.9. The second-order valence-corrected chi connectivity index (χ2v) is 6.67. The number of carboxylic acid groups (broad SMARTS) is 1. The lowest BCUT2D eigenvalue weighted by Crippen LogP contribution is -2.42. The number of benzene rings is 1. The number of amides is 1. The Morgan fingerprint density at radius 3 is 2.65 bits per heavy atom. The van der Waals surface area contributed by atoms with Gasteiger partial charge in [0.25, 0.3) is 5.91 Å². The van der Waals surface area contributed by atoms with Crippen molar-refractivity contribution >= 4 is 22.8 Å². The number of alkyl halides is 1. The minimum atomic E-state index is -1.56. The zero-order chi connectivity index (χ0) is 18.8. The third-order valence-corrected chi connectivity index (χ3v) is 5.13. The standard InChI is InChI=1S/C19H23FN2O4/c1-11-17(18(23)21-15(10-20)19(24)25)14-9-13(26-2)7-8-16(14)22(11)12-5-3-4-6-12/h7-9,12,15H,3-6,10H2,1-2H3,(H,21,23)(H,24,25). The Kier molecular flexibility index (Phi) is 5.15. The summed E-state index contributed by atoms with van der Waals surface area (Å²) >= 11 is 0. The number of hydrogen-bond donors (Lipinski definition) is 2. The van der Waals surface area contributed by atoms with Crippen LogP contribution in [0.3, 0.4) is 0 Å². The summed E-state index contributed by atoms with van der Waals surface area (Å²) in [7, 11) is 1.55. The number of aromatic nitrogens is 1. The van der Waals surface area contributed by atoms with E-state index >= 15 is 0 Å². The molecule has 1 aromatic carbocycles. The number of rotatable bonds is 6. The highest BCUT2D eigenvalue weighted by Gasteiger charge is 2.28. The molecule has 1 aliphatic rings. The predicted molar refractivity (Wildman–Crippen MR) is 95.6 cm³/mol. The van der Waals surface area contributed by atoms with Crippen molar-refractivity contribution in [3.8, 4) is 5.75 Å². The Labute approximate surface area is 150 Å². The van der Waals surface area contributed by atoms with Crippen molar-refractivity contribution in [1.29, 1.82) is 0 Å². The van der Waals surface area contributed by atoms with Gasteiger partial charge in [-0.2, -0.15) is 0 Å². The number of carboxylic acids is 1. The van der Waals surface area contributed by atoms with Crippen molar-refractivity contribution in [3.63, 3.8) is 0 Å². The lowest BCUT2D eigenvalue weighted by molar-refractivity contribution is -0.139. The molecule has 26 heavy (non-hydrogen) atoms. The summed E-state index contributed by atoms with van der Waals surface area (Å²) in [6, 6.07) is 4.28. The number of ether oxygens (including phenoxy) is 1. The number of carbonyl (C=O) groups excluding carboxylic acids is 1. The summed E-state index contributed by atoms with van der Waals surface area (Å²) in [5.74, 6) is -1.37. The van der Waals surface area contributed by atoms with Crippen LogP contribution < -0.4 is 10.1 Å². The van der Waals surface area contributed by atoms with Crippen LogP contribution in [0.15, 0.2) is 18.2 Å². The van der Waals surface area contributed by atoms with Crippen LogP contribution in [0.1, 0.15) is 47.8 Å². The zero-order valence-electron chi connectivity index (χ0n) is 14.9. The Hall–Kier alpha value is -2.57. The molecule has 0 radical (unpaired) electrons. The first kappa shape index (κ1) is 18.2. The van der Waals surface area contributed by atoms with Crippen molar-refractivity contribution in [2.45, 2.75) is 44.7 Å². The molecule has 3 rings (SSSR count). The fourth-order valence-electron chi connectivity index (χ4n) is 3.86. The summed E-state index contributed by atoms with van der Waals surface area (Å²) in [5, 5.41) is 12.0. The third-order valence-electron chi connectivity index (χ3n) is 5.13. The Morgan fingerprint density at radius 1 is 1.38 bits per heavy atom. The molecule has 1 unspecified atom stereocenters. The van der Waals surface area contributed by atoms with Crippen LogP contribution in [0, 0.1) is 6.92 Å². The molecule has 2 N–H and O–H groups in total. The average molecular weight is 362 g/mol. The van der Waals surface area contributed by atoms with E-state index in [1.807, 2.05) is 19.1 Å². The van der Waals surface area contributed by atoms with Gasteiger partial charge in [-0.25, -0.2) is 9.18 Å². The number of methoxy groups -OCH3 is 1. The molecule has 1 amide bonds. The number of hydrogen-bond acceptors (Lipinski definition) is 3. The predicted octanol–water partition coefficient (Wildman–Crippen LogP) is 3.23. The van der Waals surface area contributed by atoms with Gasteiger partial charge in [-0.1, -0.05) is 12.8 Å². The van der Waals surface area contributed by atoms with Gasteiger partial charge in [0.1, 0.15) is 12.4 Å². The Bertz CT molecular complexity index is 840. The quantitative estimate of drug-likeness (QED) is 0.827. The van der Waals surface area contributed by atoms with Gasteiger partial charge in [-0.05, 0) is 38.0 Å². The molecular formula is C19H23FN2O4. The summed E-state index contributed by atoms with van der Waals surface area (Å²) in [5.41, 5.74) is 2.05. The van der Waals surface area contributed by atoms with Crippen molar-refractivity contribution < 1.29 is 23.8 Å². The second kappa shape index (κ2) is 7.35. The van der Waals surface area contributed by atoms with Crippen LogP contribution in [-0.2, 0) is 4.79 Å². The van der Waals surface area contributed by atoms with E-state index in [-0.39, 0.29) is 0 Å². The average Bonchev–Trinajstić information content (AvgIpc) is 3.23. The van der Waals surface area contributed by atoms with Crippen molar-refractivity contribution in [1.82, 2.24) is 9.88 Å². The maximum Gasteiger partial charge on any atom is 0.328 e. The molecule has 0 spiro atoms. The van der Waals surface area contributed by atoms with Crippen LogP contribution in [0.5, 0.6) is 5.75 Å². The van der Waals surface area contributed by atoms with E-state index in [1.165, 1.54) is 0 Å².